The second-order valence-electron chi connectivity index (χ2n) is 5.94. The second-order valence-corrected chi connectivity index (χ2v) is 6.72. The first-order chi connectivity index (χ1) is 11.5. The lowest BCUT2D eigenvalue weighted by atomic mass is 9.96. The average molecular weight is 348 g/mol. The first-order valence-corrected chi connectivity index (χ1v) is 8.35. The minimum absolute atomic E-state index is 0.393. The summed E-state index contributed by atoms with van der Waals surface area (Å²) in [5, 5.41) is 34.0. The van der Waals surface area contributed by atoms with Crippen LogP contribution in [0.1, 0.15) is 13.2 Å². The molecule has 3 aromatic rings. The summed E-state index contributed by atoms with van der Waals surface area (Å²) in [6, 6.07) is 1.94. The van der Waals surface area contributed by atoms with Gasteiger partial charge in [-0.25, -0.2) is 15.0 Å². The van der Waals surface area contributed by atoms with Crippen molar-refractivity contribution in [1.29, 1.82) is 0 Å². The van der Waals surface area contributed by atoms with Crippen LogP contribution in [0, 0.1) is 0 Å². The molecule has 0 saturated carbocycles. The first kappa shape index (κ1) is 15.6. The summed E-state index contributed by atoms with van der Waals surface area (Å²) in [7, 11) is 0. The maximum absolute atomic E-state index is 10.6. The highest BCUT2D eigenvalue weighted by molar-refractivity contribution is 7.08. The van der Waals surface area contributed by atoms with Gasteiger partial charge in [-0.2, -0.15) is 11.3 Å². The van der Waals surface area contributed by atoms with Crippen LogP contribution >= 0.6 is 11.3 Å². The molecule has 0 spiro atoms. The summed E-state index contributed by atoms with van der Waals surface area (Å²) in [4.78, 5) is 12.9. The molecule has 1 saturated heterocycles. The Morgan fingerprint density at radius 1 is 1.38 bits per heavy atom. The topological polar surface area (TPSA) is 114 Å². The smallest absolute Gasteiger partial charge is 0.168 e. The summed E-state index contributed by atoms with van der Waals surface area (Å²) in [6.07, 6.45) is -0.0820. The Hall–Kier alpha value is -1.91. The van der Waals surface area contributed by atoms with E-state index in [2.05, 4.69) is 15.0 Å². The van der Waals surface area contributed by atoms with Gasteiger partial charge in [-0.3, -0.25) is 4.57 Å². The molecule has 4 rings (SSSR count). The van der Waals surface area contributed by atoms with Gasteiger partial charge in [0, 0.05) is 10.9 Å². The minimum atomic E-state index is -1.59. The van der Waals surface area contributed by atoms with Crippen LogP contribution < -0.4 is 0 Å². The first-order valence-electron chi connectivity index (χ1n) is 7.41. The van der Waals surface area contributed by atoms with Crippen LogP contribution in [0.2, 0.25) is 0 Å². The molecule has 3 aromatic heterocycles. The minimum Gasteiger partial charge on any atom is -0.394 e. The summed E-state index contributed by atoms with van der Waals surface area (Å²) in [5.74, 6) is 0. The Labute approximate surface area is 141 Å². The quantitative estimate of drug-likeness (QED) is 0.633. The average Bonchev–Trinajstić information content (AvgIpc) is 3.28. The number of aliphatic hydroxyl groups is 3. The van der Waals surface area contributed by atoms with Crippen LogP contribution in [-0.2, 0) is 4.74 Å². The molecule has 0 aromatic carbocycles. The molecule has 0 radical (unpaired) electrons. The van der Waals surface area contributed by atoms with Crippen molar-refractivity contribution < 1.29 is 20.1 Å². The lowest BCUT2D eigenvalue weighted by Gasteiger charge is -2.27. The van der Waals surface area contributed by atoms with Crippen molar-refractivity contribution in [2.24, 2.45) is 0 Å². The van der Waals surface area contributed by atoms with E-state index in [0.29, 0.717) is 16.9 Å². The fourth-order valence-corrected chi connectivity index (χ4v) is 3.66. The molecule has 0 bridgehead atoms. The van der Waals surface area contributed by atoms with E-state index < -0.39 is 30.6 Å². The highest BCUT2D eigenvalue weighted by Crippen LogP contribution is 2.39. The molecule has 9 heteroatoms. The monoisotopic (exact) mass is 348 g/mol. The molecule has 126 valence electrons. The predicted molar refractivity (Wildman–Crippen MR) is 86.3 cm³/mol. The number of thiophene rings is 1. The summed E-state index contributed by atoms with van der Waals surface area (Å²) >= 11 is 1.56. The number of aromatic nitrogens is 4. The largest absolute Gasteiger partial charge is 0.394 e. The molecule has 0 amide bonds. The lowest BCUT2D eigenvalue weighted by Crippen LogP contribution is -2.44. The highest BCUT2D eigenvalue weighted by atomic mass is 32.1. The van der Waals surface area contributed by atoms with Crippen LogP contribution in [-0.4, -0.2) is 59.3 Å². The molecule has 24 heavy (non-hydrogen) atoms. The van der Waals surface area contributed by atoms with Crippen molar-refractivity contribution in [3.63, 3.8) is 0 Å². The van der Waals surface area contributed by atoms with Crippen LogP contribution in [0.3, 0.4) is 0 Å². The van der Waals surface area contributed by atoms with E-state index in [4.69, 9.17) is 4.74 Å². The van der Waals surface area contributed by atoms with E-state index in [1.807, 2.05) is 16.8 Å². The van der Waals surface area contributed by atoms with Crippen molar-refractivity contribution in [2.75, 3.05) is 6.61 Å². The Morgan fingerprint density at radius 3 is 2.88 bits per heavy atom. The number of nitrogens with zero attached hydrogens (tertiary/aromatic N) is 4. The summed E-state index contributed by atoms with van der Waals surface area (Å²) in [5.41, 5.74) is 1.11. The molecule has 1 aliphatic heterocycles. The molecular weight excluding hydrogens is 332 g/mol. The molecule has 8 nitrogen and oxygen atoms in total. The Morgan fingerprint density at radius 2 is 2.21 bits per heavy atom. The molecule has 0 aliphatic carbocycles. The maximum atomic E-state index is 10.6. The van der Waals surface area contributed by atoms with E-state index in [9.17, 15) is 15.3 Å². The Kier molecular flexibility index (Phi) is 3.62. The molecule has 3 N–H and O–H groups in total. The van der Waals surface area contributed by atoms with Gasteiger partial charge in [-0.15, -0.1) is 0 Å². The van der Waals surface area contributed by atoms with Gasteiger partial charge >= 0.3 is 0 Å². The third-order valence-electron chi connectivity index (χ3n) is 4.34. The van der Waals surface area contributed by atoms with Crippen LogP contribution in [0.25, 0.3) is 22.4 Å². The third-order valence-corrected chi connectivity index (χ3v) is 5.02. The molecular formula is C15H16N4O4S. The Balaban J connectivity index is 1.83. The van der Waals surface area contributed by atoms with Crippen LogP contribution in [0.4, 0.5) is 0 Å². The number of hydrogen-bond acceptors (Lipinski definition) is 8. The predicted octanol–water partition coefficient (Wildman–Crippen LogP) is 0.556. The van der Waals surface area contributed by atoms with Gasteiger partial charge in [0.25, 0.3) is 0 Å². The number of aliphatic hydroxyl groups excluding tert-OH is 2. The highest BCUT2D eigenvalue weighted by Gasteiger charge is 2.53. The van der Waals surface area contributed by atoms with Gasteiger partial charge in [-0.05, 0) is 18.4 Å². The van der Waals surface area contributed by atoms with Crippen molar-refractivity contribution in [2.45, 2.75) is 31.0 Å². The van der Waals surface area contributed by atoms with E-state index in [1.165, 1.54) is 19.6 Å². The lowest BCUT2D eigenvalue weighted by molar-refractivity contribution is -0.0950. The summed E-state index contributed by atoms with van der Waals surface area (Å²) < 4.78 is 7.20. The number of rotatable bonds is 3. The third kappa shape index (κ3) is 2.17. The van der Waals surface area contributed by atoms with Gasteiger partial charge in [-0.1, -0.05) is 0 Å². The zero-order valence-corrected chi connectivity index (χ0v) is 13.6. The molecule has 1 unspecified atom stereocenters. The molecule has 1 fully saturated rings. The zero-order valence-electron chi connectivity index (χ0n) is 12.8. The van der Waals surface area contributed by atoms with E-state index in [0.717, 1.165) is 5.56 Å². The van der Waals surface area contributed by atoms with Gasteiger partial charge in [0.1, 0.15) is 35.3 Å². The SMILES string of the molecule is C[C@]1(O)C(n2cnc3c(-c4ccsc4)ncnc32)O[C@H](CO)[C@H]1O. The standard InChI is InChI=1S/C15H16N4O4S/c1-15(22)12(21)9(4-20)23-14(15)19-7-18-11-10(8-2-3-24-5-8)16-6-17-13(11)19/h2-3,5-7,9,12,14,20-22H,4H2,1H3/t9-,12-,14?,15-/m1/s1. The van der Waals surface area contributed by atoms with E-state index in [1.54, 1.807) is 15.9 Å². The fourth-order valence-electron chi connectivity index (χ4n) is 3.02. The van der Waals surface area contributed by atoms with Crippen molar-refractivity contribution in [3.8, 4) is 11.3 Å². The van der Waals surface area contributed by atoms with Crippen molar-refractivity contribution in [3.05, 3.63) is 29.5 Å². The molecule has 4 heterocycles. The van der Waals surface area contributed by atoms with Gasteiger partial charge in [0.2, 0.25) is 0 Å². The maximum Gasteiger partial charge on any atom is 0.168 e. The van der Waals surface area contributed by atoms with Crippen molar-refractivity contribution >= 4 is 22.5 Å². The number of hydrogen-bond donors (Lipinski definition) is 3. The Bertz CT molecular complexity index is 864. The van der Waals surface area contributed by atoms with Crippen LogP contribution in [0.15, 0.2) is 29.5 Å². The molecule has 4 atom stereocenters. The van der Waals surface area contributed by atoms with Gasteiger partial charge < -0.3 is 20.1 Å². The zero-order chi connectivity index (χ0) is 16.9. The summed E-state index contributed by atoms with van der Waals surface area (Å²) in [6.45, 7) is 1.07. The van der Waals surface area contributed by atoms with Gasteiger partial charge in [0.05, 0.1) is 12.9 Å². The number of fused-ring (bicyclic) bond motifs is 1. The normalized spacial score (nSPS) is 30.2. The fraction of sp³-hybridized carbons (Fsp3) is 0.400. The number of imidazole rings is 1. The van der Waals surface area contributed by atoms with Crippen molar-refractivity contribution in [1.82, 2.24) is 19.5 Å². The van der Waals surface area contributed by atoms with E-state index >= 15 is 0 Å². The molecule has 1 aliphatic rings. The van der Waals surface area contributed by atoms with E-state index in [-0.39, 0.29) is 0 Å². The second kappa shape index (κ2) is 5.57. The van der Waals surface area contributed by atoms with Crippen LogP contribution in [0.5, 0.6) is 0 Å². The van der Waals surface area contributed by atoms with Gasteiger partial charge in [0.15, 0.2) is 11.9 Å². The number of ether oxygens (including phenoxy) is 1.